The first-order valence-electron chi connectivity index (χ1n) is 14.6. The number of unbranched alkanes of at least 4 members (excludes halogenated alkanes) is 23. The van der Waals surface area contributed by atoms with Gasteiger partial charge in [-0.1, -0.05) is 161 Å². The molecule has 0 amide bonds. The van der Waals surface area contributed by atoms with Gasteiger partial charge in [0, 0.05) is 0 Å². The standard InChI is InChI=1S/C28H58O4S.Na.H/c1-2-3-4-5-6-7-8-9-10-11-12-13-14-15-16-17-18-19-20-21-22-23-24-25-26-28(29)27-33(30,31)32;;/h28-29H,2-27H2,1H3,(H,30,31,32);;/q;+1;-1. The molecule has 6 heteroatoms. The second-order valence-corrected chi connectivity index (χ2v) is 11.8. The Morgan fingerprint density at radius 2 is 0.765 bits per heavy atom. The van der Waals surface area contributed by atoms with Crippen LogP contribution in [-0.4, -0.2) is 29.9 Å². The van der Waals surface area contributed by atoms with Gasteiger partial charge < -0.3 is 6.53 Å². The minimum absolute atomic E-state index is 0. The molecule has 4 nitrogen and oxygen atoms in total. The van der Waals surface area contributed by atoms with E-state index in [0.29, 0.717) is 6.42 Å². The summed E-state index contributed by atoms with van der Waals surface area (Å²) in [5, 5.41) is 9.52. The molecule has 0 spiro atoms. The van der Waals surface area contributed by atoms with Crippen LogP contribution in [0.5, 0.6) is 0 Å². The summed E-state index contributed by atoms with van der Waals surface area (Å²) < 4.78 is 30.0. The van der Waals surface area contributed by atoms with E-state index in [0.717, 1.165) is 19.3 Å². The minimum Gasteiger partial charge on any atom is -1.00 e. The SMILES string of the molecule is CCCCCCCCCCCCCCCCCCCCCCCCCCC(O)CS(=O)(=O)O.[H-].[Na+]. The van der Waals surface area contributed by atoms with Gasteiger partial charge in [-0.25, -0.2) is 0 Å². The predicted molar refractivity (Wildman–Crippen MR) is 145 cm³/mol. The third-order valence-electron chi connectivity index (χ3n) is 6.79. The molecule has 1 unspecified atom stereocenters. The number of hydrogen-bond acceptors (Lipinski definition) is 3. The van der Waals surface area contributed by atoms with E-state index in [2.05, 4.69) is 6.92 Å². The molecule has 0 saturated heterocycles. The van der Waals surface area contributed by atoms with Gasteiger partial charge in [-0.2, -0.15) is 8.42 Å². The molecule has 0 aliphatic rings. The molecule has 2 N–H and O–H groups in total. The van der Waals surface area contributed by atoms with Crippen molar-refractivity contribution in [2.24, 2.45) is 0 Å². The Balaban J connectivity index is -0.00000512. The zero-order valence-electron chi connectivity index (χ0n) is 24.1. The molecule has 0 aromatic carbocycles. The van der Waals surface area contributed by atoms with E-state index in [1.54, 1.807) is 0 Å². The van der Waals surface area contributed by atoms with Crippen molar-refractivity contribution in [1.82, 2.24) is 0 Å². The zero-order chi connectivity index (χ0) is 24.5. The fourth-order valence-electron chi connectivity index (χ4n) is 4.67. The Bertz CT molecular complexity index is 491. The van der Waals surface area contributed by atoms with Crippen LogP contribution in [0, 0.1) is 0 Å². The Labute approximate surface area is 237 Å². The Hall–Kier alpha value is 0.870. The number of hydrogen-bond donors (Lipinski definition) is 2. The van der Waals surface area contributed by atoms with Crippen LogP contribution in [0.4, 0.5) is 0 Å². The third kappa shape index (κ3) is 32.9. The zero-order valence-corrected chi connectivity index (χ0v) is 25.9. The Kier molecular flexibility index (Phi) is 31.0. The average Bonchev–Trinajstić information content (AvgIpc) is 2.75. The Morgan fingerprint density at radius 1 is 0.529 bits per heavy atom. The molecule has 0 aromatic rings. The van der Waals surface area contributed by atoms with Crippen molar-refractivity contribution >= 4 is 10.1 Å². The van der Waals surface area contributed by atoms with Gasteiger partial charge in [-0.15, -0.1) is 0 Å². The van der Waals surface area contributed by atoms with Crippen molar-refractivity contribution in [2.45, 2.75) is 174 Å². The van der Waals surface area contributed by atoms with Gasteiger partial charge in [0.15, 0.2) is 0 Å². The maximum atomic E-state index is 10.7. The fourth-order valence-corrected chi connectivity index (χ4v) is 5.32. The van der Waals surface area contributed by atoms with Crippen LogP contribution in [0.2, 0.25) is 0 Å². The molecule has 0 rings (SSSR count). The summed E-state index contributed by atoms with van der Waals surface area (Å²) in [6, 6.07) is 0. The number of aliphatic hydroxyl groups is 1. The molecule has 0 aromatic heterocycles. The van der Waals surface area contributed by atoms with Crippen LogP contribution in [0.25, 0.3) is 0 Å². The topological polar surface area (TPSA) is 74.6 Å². The van der Waals surface area contributed by atoms with Crippen molar-refractivity contribution in [1.29, 1.82) is 0 Å². The van der Waals surface area contributed by atoms with Gasteiger partial charge in [-0.05, 0) is 6.42 Å². The van der Waals surface area contributed by atoms with Crippen LogP contribution >= 0.6 is 0 Å². The fraction of sp³-hybridized carbons (Fsp3) is 1.00. The second kappa shape index (κ2) is 28.4. The summed E-state index contributed by atoms with van der Waals surface area (Å²) in [5.74, 6) is -0.535. The summed E-state index contributed by atoms with van der Waals surface area (Å²) in [7, 11) is -4.05. The molecule has 0 saturated carbocycles. The molecule has 34 heavy (non-hydrogen) atoms. The summed E-state index contributed by atoms with van der Waals surface area (Å²) in [4.78, 5) is 0. The van der Waals surface area contributed by atoms with Crippen molar-refractivity contribution in [2.75, 3.05) is 5.75 Å². The molecule has 0 aliphatic heterocycles. The van der Waals surface area contributed by atoms with Gasteiger partial charge >= 0.3 is 29.6 Å². The molecular formula is C28H59NaO4S. The monoisotopic (exact) mass is 514 g/mol. The number of rotatable bonds is 27. The van der Waals surface area contributed by atoms with Gasteiger partial charge in [0.2, 0.25) is 0 Å². The van der Waals surface area contributed by atoms with Crippen molar-refractivity contribution in [3.8, 4) is 0 Å². The summed E-state index contributed by atoms with van der Waals surface area (Å²) >= 11 is 0. The molecular weight excluding hydrogens is 455 g/mol. The van der Waals surface area contributed by atoms with Crippen molar-refractivity contribution in [3.63, 3.8) is 0 Å². The van der Waals surface area contributed by atoms with Gasteiger partial charge in [-0.3, -0.25) is 4.55 Å². The largest absolute Gasteiger partial charge is 1.00 e. The van der Waals surface area contributed by atoms with E-state index in [4.69, 9.17) is 4.55 Å². The first-order chi connectivity index (χ1) is 16.0. The van der Waals surface area contributed by atoms with Gasteiger partial charge in [0.25, 0.3) is 10.1 Å². The van der Waals surface area contributed by atoms with E-state index in [1.807, 2.05) is 0 Å². The van der Waals surface area contributed by atoms with E-state index >= 15 is 0 Å². The van der Waals surface area contributed by atoms with E-state index in [9.17, 15) is 13.5 Å². The Morgan fingerprint density at radius 3 is 1.00 bits per heavy atom. The second-order valence-electron chi connectivity index (χ2n) is 10.3. The molecule has 0 fully saturated rings. The first-order valence-corrected chi connectivity index (χ1v) is 16.2. The van der Waals surface area contributed by atoms with E-state index in [1.165, 1.54) is 135 Å². The van der Waals surface area contributed by atoms with Crippen LogP contribution < -0.4 is 29.6 Å². The number of aliphatic hydroxyl groups excluding tert-OH is 1. The van der Waals surface area contributed by atoms with Crippen molar-refractivity contribution < 1.29 is 49.1 Å². The van der Waals surface area contributed by atoms with E-state index in [-0.39, 0.29) is 31.0 Å². The van der Waals surface area contributed by atoms with Crippen LogP contribution in [0.15, 0.2) is 0 Å². The third-order valence-corrected chi connectivity index (χ3v) is 7.60. The quantitative estimate of drug-likeness (QED) is 0.0786. The maximum Gasteiger partial charge on any atom is 1.00 e. The minimum atomic E-state index is -4.05. The van der Waals surface area contributed by atoms with Gasteiger partial charge in [0.1, 0.15) is 5.75 Å². The molecule has 0 bridgehead atoms. The normalized spacial score (nSPS) is 12.6. The maximum absolute atomic E-state index is 10.7. The first kappa shape index (κ1) is 37.0. The summed E-state index contributed by atoms with van der Waals surface area (Å²) in [5.41, 5.74) is 0. The van der Waals surface area contributed by atoms with Crippen LogP contribution in [0.1, 0.15) is 169 Å². The smallest absolute Gasteiger partial charge is 1.00 e. The van der Waals surface area contributed by atoms with Gasteiger partial charge in [0.05, 0.1) is 6.10 Å². The summed E-state index contributed by atoms with van der Waals surface area (Å²) in [6.45, 7) is 2.29. The molecule has 0 heterocycles. The van der Waals surface area contributed by atoms with Crippen LogP contribution in [-0.2, 0) is 10.1 Å². The van der Waals surface area contributed by atoms with Crippen LogP contribution in [0.3, 0.4) is 0 Å². The molecule has 0 radical (unpaired) electrons. The predicted octanol–water partition coefficient (Wildman–Crippen LogP) is 6.12. The molecule has 1 atom stereocenters. The molecule has 0 aliphatic carbocycles. The van der Waals surface area contributed by atoms with E-state index < -0.39 is 22.0 Å². The average molecular weight is 515 g/mol. The molecule has 202 valence electrons. The summed E-state index contributed by atoms with van der Waals surface area (Å²) in [6.07, 6.45) is 32.0. The van der Waals surface area contributed by atoms with Crippen molar-refractivity contribution in [3.05, 3.63) is 0 Å².